The molecule has 7 nitrogen and oxygen atoms in total. The number of fused-ring (bicyclic) bond motifs is 1. The first-order chi connectivity index (χ1) is 12.6. The Morgan fingerprint density at radius 1 is 1.27 bits per heavy atom. The van der Waals surface area contributed by atoms with E-state index in [0.29, 0.717) is 23.9 Å². The fraction of sp³-hybridized carbons (Fsp3) is 0.444. The highest BCUT2D eigenvalue weighted by Gasteiger charge is 2.23. The lowest BCUT2D eigenvalue weighted by Crippen LogP contribution is -2.36. The highest BCUT2D eigenvalue weighted by atomic mass is 32.2. The van der Waals surface area contributed by atoms with Crippen molar-refractivity contribution in [2.24, 2.45) is 5.73 Å². The van der Waals surface area contributed by atoms with Gasteiger partial charge in [0.1, 0.15) is 5.82 Å². The van der Waals surface area contributed by atoms with E-state index >= 15 is 0 Å². The second kappa shape index (κ2) is 8.35. The maximum absolute atomic E-state index is 12.7. The van der Waals surface area contributed by atoms with Crippen LogP contribution in [-0.4, -0.2) is 38.9 Å². The topological polar surface area (TPSA) is 94.1 Å². The molecule has 0 unspecified atom stereocenters. The maximum Gasteiger partial charge on any atom is 0.237 e. The summed E-state index contributed by atoms with van der Waals surface area (Å²) < 4.78 is 1.94. The third-order valence-electron chi connectivity index (χ3n) is 4.44. The van der Waals surface area contributed by atoms with E-state index in [2.05, 4.69) is 16.3 Å². The van der Waals surface area contributed by atoms with Crippen LogP contribution in [0.25, 0.3) is 0 Å². The number of amides is 2. The Bertz CT molecular complexity index is 805. The van der Waals surface area contributed by atoms with Crippen molar-refractivity contribution < 1.29 is 9.59 Å². The molecule has 1 aromatic carbocycles. The number of hydrogen-bond donors (Lipinski definition) is 1. The highest BCUT2D eigenvalue weighted by Crippen LogP contribution is 2.28. The molecule has 0 aliphatic carbocycles. The predicted octanol–water partition coefficient (Wildman–Crippen LogP) is 1.79. The molecule has 2 heterocycles. The van der Waals surface area contributed by atoms with E-state index in [-0.39, 0.29) is 18.2 Å². The monoisotopic (exact) mass is 373 g/mol. The summed E-state index contributed by atoms with van der Waals surface area (Å²) in [6.07, 6.45) is 2.70. The van der Waals surface area contributed by atoms with Gasteiger partial charge in [0, 0.05) is 31.6 Å². The van der Waals surface area contributed by atoms with E-state index in [1.807, 2.05) is 34.6 Å². The molecule has 8 heteroatoms. The minimum absolute atomic E-state index is 0.0755. The zero-order chi connectivity index (χ0) is 18.5. The SMILES string of the molecule is CCn1c(CCC(N)=O)nnc1SCC(=O)N1CCCc2ccccc21. The Morgan fingerprint density at radius 3 is 2.85 bits per heavy atom. The summed E-state index contributed by atoms with van der Waals surface area (Å²) in [7, 11) is 0. The van der Waals surface area contributed by atoms with Crippen LogP contribution in [0, 0.1) is 0 Å². The van der Waals surface area contributed by atoms with Crippen LogP contribution in [0.4, 0.5) is 5.69 Å². The van der Waals surface area contributed by atoms with E-state index in [0.717, 1.165) is 30.9 Å². The Hall–Kier alpha value is -2.35. The molecular formula is C18H23N5O2S. The number of hydrogen-bond acceptors (Lipinski definition) is 5. The van der Waals surface area contributed by atoms with Crippen LogP contribution in [0.3, 0.4) is 0 Å². The quantitative estimate of drug-likeness (QED) is 0.747. The summed E-state index contributed by atoms with van der Waals surface area (Å²) in [6.45, 7) is 3.43. The minimum atomic E-state index is -0.358. The molecule has 3 rings (SSSR count). The summed E-state index contributed by atoms with van der Waals surface area (Å²) in [6, 6.07) is 8.07. The lowest BCUT2D eigenvalue weighted by atomic mass is 10.0. The van der Waals surface area contributed by atoms with Gasteiger partial charge in [0.2, 0.25) is 11.8 Å². The molecule has 138 valence electrons. The van der Waals surface area contributed by atoms with Crippen LogP contribution in [0.1, 0.15) is 31.2 Å². The molecule has 1 aromatic heterocycles. The second-order valence-electron chi connectivity index (χ2n) is 6.18. The minimum Gasteiger partial charge on any atom is -0.370 e. The molecule has 1 aliphatic heterocycles. The molecule has 26 heavy (non-hydrogen) atoms. The van der Waals surface area contributed by atoms with Crippen molar-refractivity contribution in [1.29, 1.82) is 0 Å². The molecule has 0 saturated carbocycles. The normalized spacial score (nSPS) is 13.5. The van der Waals surface area contributed by atoms with Gasteiger partial charge >= 0.3 is 0 Å². The van der Waals surface area contributed by atoms with Crippen LogP contribution >= 0.6 is 11.8 Å². The van der Waals surface area contributed by atoms with Gasteiger partial charge in [-0.2, -0.15) is 0 Å². The third kappa shape index (κ3) is 4.07. The average Bonchev–Trinajstić information content (AvgIpc) is 3.05. The zero-order valence-corrected chi connectivity index (χ0v) is 15.7. The molecular weight excluding hydrogens is 350 g/mol. The van der Waals surface area contributed by atoms with Gasteiger partial charge < -0.3 is 15.2 Å². The zero-order valence-electron chi connectivity index (χ0n) is 14.9. The van der Waals surface area contributed by atoms with Gasteiger partial charge in [-0.05, 0) is 31.4 Å². The number of aryl methyl sites for hydroxylation is 2. The molecule has 0 atom stereocenters. The van der Waals surface area contributed by atoms with Gasteiger partial charge in [0.05, 0.1) is 5.75 Å². The Kier molecular flexibility index (Phi) is 5.92. The number of anilines is 1. The van der Waals surface area contributed by atoms with E-state index in [9.17, 15) is 9.59 Å². The number of benzene rings is 1. The summed E-state index contributed by atoms with van der Waals surface area (Å²) in [5, 5.41) is 9.02. The van der Waals surface area contributed by atoms with E-state index in [1.54, 1.807) is 0 Å². The number of aromatic nitrogens is 3. The molecule has 0 bridgehead atoms. The average molecular weight is 373 g/mol. The Morgan fingerprint density at radius 2 is 2.08 bits per heavy atom. The highest BCUT2D eigenvalue weighted by molar-refractivity contribution is 7.99. The third-order valence-corrected chi connectivity index (χ3v) is 5.39. The second-order valence-corrected chi connectivity index (χ2v) is 7.12. The van der Waals surface area contributed by atoms with Crippen molar-refractivity contribution in [3.8, 4) is 0 Å². The number of carbonyl (C=O) groups is 2. The molecule has 2 aromatic rings. The fourth-order valence-corrected chi connectivity index (χ4v) is 4.06. The number of rotatable bonds is 7. The number of nitrogens with two attached hydrogens (primary N) is 1. The first-order valence-corrected chi connectivity index (χ1v) is 9.80. The van der Waals surface area contributed by atoms with Crippen LogP contribution < -0.4 is 10.6 Å². The van der Waals surface area contributed by atoms with Crippen LogP contribution in [0.5, 0.6) is 0 Å². The van der Waals surface area contributed by atoms with E-state index in [1.165, 1.54) is 17.3 Å². The molecule has 1 aliphatic rings. The van der Waals surface area contributed by atoms with Crippen LogP contribution in [-0.2, 0) is 29.0 Å². The van der Waals surface area contributed by atoms with Crippen molar-refractivity contribution in [3.05, 3.63) is 35.7 Å². The van der Waals surface area contributed by atoms with E-state index in [4.69, 9.17) is 5.73 Å². The standard InChI is InChI=1S/C18H23N5O2S/c1-2-22-16(10-9-15(19)24)20-21-18(22)26-12-17(25)23-11-5-7-13-6-3-4-8-14(13)23/h3-4,6,8H,2,5,7,9-12H2,1H3,(H2,19,24). The predicted molar refractivity (Wildman–Crippen MR) is 101 cm³/mol. The van der Waals surface area contributed by atoms with Crippen molar-refractivity contribution in [2.75, 3.05) is 17.2 Å². The molecule has 2 N–H and O–H groups in total. The van der Waals surface area contributed by atoms with Crippen LogP contribution in [0.15, 0.2) is 29.4 Å². The number of primary amides is 1. The van der Waals surface area contributed by atoms with Crippen molar-refractivity contribution >= 4 is 29.3 Å². The number of carbonyl (C=O) groups excluding carboxylic acids is 2. The first kappa shape index (κ1) is 18.4. The summed E-state index contributed by atoms with van der Waals surface area (Å²) in [5.41, 5.74) is 7.45. The molecule has 0 radical (unpaired) electrons. The van der Waals surface area contributed by atoms with Crippen molar-refractivity contribution in [3.63, 3.8) is 0 Å². The van der Waals surface area contributed by atoms with Gasteiger partial charge in [-0.15, -0.1) is 10.2 Å². The van der Waals surface area contributed by atoms with E-state index < -0.39 is 0 Å². The lowest BCUT2D eigenvalue weighted by Gasteiger charge is -2.29. The first-order valence-electron chi connectivity index (χ1n) is 8.81. The van der Waals surface area contributed by atoms with Crippen molar-refractivity contribution in [2.45, 2.75) is 44.3 Å². The molecule has 0 saturated heterocycles. The Labute approximate surface area is 157 Å². The smallest absolute Gasteiger partial charge is 0.237 e. The summed E-state index contributed by atoms with van der Waals surface area (Å²) in [4.78, 5) is 25.6. The van der Waals surface area contributed by atoms with Gasteiger partial charge in [0.15, 0.2) is 5.16 Å². The maximum atomic E-state index is 12.7. The van der Waals surface area contributed by atoms with Crippen molar-refractivity contribution in [1.82, 2.24) is 14.8 Å². The van der Waals surface area contributed by atoms with Crippen LogP contribution in [0.2, 0.25) is 0 Å². The number of nitrogens with zero attached hydrogens (tertiary/aromatic N) is 4. The fourth-order valence-electron chi connectivity index (χ4n) is 3.16. The lowest BCUT2D eigenvalue weighted by molar-refractivity contribution is -0.118. The molecule has 0 spiro atoms. The Balaban J connectivity index is 1.66. The number of thioether (sulfide) groups is 1. The van der Waals surface area contributed by atoms with Gasteiger partial charge in [-0.25, -0.2) is 0 Å². The van der Waals surface area contributed by atoms with Gasteiger partial charge in [-0.3, -0.25) is 9.59 Å². The summed E-state index contributed by atoms with van der Waals surface area (Å²) in [5.74, 6) is 0.752. The number of para-hydroxylation sites is 1. The molecule has 2 amide bonds. The summed E-state index contributed by atoms with van der Waals surface area (Å²) >= 11 is 1.39. The largest absolute Gasteiger partial charge is 0.370 e. The van der Waals surface area contributed by atoms with Gasteiger partial charge in [-0.1, -0.05) is 30.0 Å². The van der Waals surface area contributed by atoms with Gasteiger partial charge in [0.25, 0.3) is 0 Å². The molecule has 0 fully saturated rings.